The molecule has 104 valence electrons. The second-order valence-corrected chi connectivity index (χ2v) is 6.32. The van der Waals surface area contributed by atoms with Crippen molar-refractivity contribution in [2.24, 2.45) is 0 Å². The van der Waals surface area contributed by atoms with Gasteiger partial charge in [0.25, 0.3) is 0 Å². The summed E-state index contributed by atoms with van der Waals surface area (Å²) >= 11 is 1.79. The molecule has 2 nitrogen and oxygen atoms in total. The van der Waals surface area contributed by atoms with Crippen LogP contribution in [0.25, 0.3) is 0 Å². The first-order valence-corrected chi connectivity index (χ1v) is 8.26. The molecule has 1 rings (SSSR count). The Kier molecular flexibility index (Phi) is 9.13. The van der Waals surface area contributed by atoms with Gasteiger partial charge in [0.15, 0.2) is 0 Å². The van der Waals surface area contributed by atoms with Crippen molar-refractivity contribution in [1.29, 1.82) is 0 Å². The maximum atomic E-state index is 4.26. The van der Waals surface area contributed by atoms with Gasteiger partial charge in [-0.1, -0.05) is 51.9 Å². The van der Waals surface area contributed by atoms with Crippen molar-refractivity contribution in [3.8, 4) is 0 Å². The Labute approximate surface area is 116 Å². The van der Waals surface area contributed by atoms with Crippen molar-refractivity contribution < 1.29 is 0 Å². The van der Waals surface area contributed by atoms with E-state index in [9.17, 15) is 0 Å². The SMILES string of the molecule is CCCCCCCCCCNCc1cnc(C)s1. The summed E-state index contributed by atoms with van der Waals surface area (Å²) in [6.07, 6.45) is 13.1. The number of nitrogens with one attached hydrogen (secondary N) is 1. The van der Waals surface area contributed by atoms with Crippen LogP contribution in [0.2, 0.25) is 0 Å². The first kappa shape index (κ1) is 15.6. The van der Waals surface area contributed by atoms with Crippen LogP contribution in [0.1, 0.15) is 68.2 Å². The van der Waals surface area contributed by atoms with Crippen LogP contribution in [0, 0.1) is 6.92 Å². The molecular formula is C15H28N2S. The molecule has 1 N–H and O–H groups in total. The van der Waals surface area contributed by atoms with Crippen LogP contribution in [-0.2, 0) is 6.54 Å². The van der Waals surface area contributed by atoms with E-state index in [0.29, 0.717) is 0 Å². The molecule has 1 aromatic rings. The molecule has 0 amide bonds. The minimum atomic E-state index is 0.988. The average Bonchev–Trinajstić information content (AvgIpc) is 2.77. The van der Waals surface area contributed by atoms with Crippen LogP contribution in [0.5, 0.6) is 0 Å². The van der Waals surface area contributed by atoms with Gasteiger partial charge >= 0.3 is 0 Å². The van der Waals surface area contributed by atoms with Gasteiger partial charge in [-0.3, -0.25) is 0 Å². The van der Waals surface area contributed by atoms with E-state index in [0.717, 1.165) is 13.1 Å². The number of thiazole rings is 1. The van der Waals surface area contributed by atoms with Gasteiger partial charge in [0, 0.05) is 17.6 Å². The highest BCUT2D eigenvalue weighted by Gasteiger charge is 1.97. The predicted octanol–water partition coefficient (Wildman–Crippen LogP) is 4.68. The molecule has 0 aromatic carbocycles. The molecule has 0 atom stereocenters. The first-order valence-electron chi connectivity index (χ1n) is 7.45. The molecule has 18 heavy (non-hydrogen) atoms. The smallest absolute Gasteiger partial charge is 0.0897 e. The van der Waals surface area contributed by atoms with E-state index in [1.165, 1.54) is 61.3 Å². The predicted molar refractivity (Wildman–Crippen MR) is 81.2 cm³/mol. The van der Waals surface area contributed by atoms with Gasteiger partial charge in [-0.2, -0.15) is 0 Å². The fraction of sp³-hybridized carbons (Fsp3) is 0.800. The van der Waals surface area contributed by atoms with Crippen LogP contribution < -0.4 is 5.32 Å². The van der Waals surface area contributed by atoms with Gasteiger partial charge in [-0.05, 0) is 19.9 Å². The number of aromatic nitrogens is 1. The molecule has 0 aliphatic carbocycles. The maximum absolute atomic E-state index is 4.26. The van der Waals surface area contributed by atoms with Crippen molar-refractivity contribution in [1.82, 2.24) is 10.3 Å². The molecular weight excluding hydrogens is 240 g/mol. The van der Waals surface area contributed by atoms with E-state index in [4.69, 9.17) is 0 Å². The van der Waals surface area contributed by atoms with E-state index < -0.39 is 0 Å². The first-order chi connectivity index (χ1) is 8.83. The largest absolute Gasteiger partial charge is 0.312 e. The summed E-state index contributed by atoms with van der Waals surface area (Å²) in [6.45, 7) is 6.47. The molecule has 0 fully saturated rings. The lowest BCUT2D eigenvalue weighted by atomic mass is 10.1. The lowest BCUT2D eigenvalue weighted by molar-refractivity contribution is 0.556. The quantitative estimate of drug-likeness (QED) is 0.589. The number of nitrogens with zero attached hydrogens (tertiary/aromatic N) is 1. The summed E-state index contributed by atoms with van der Waals surface area (Å²) in [4.78, 5) is 5.61. The van der Waals surface area contributed by atoms with Gasteiger partial charge in [0.05, 0.1) is 5.01 Å². The zero-order chi connectivity index (χ0) is 13.1. The van der Waals surface area contributed by atoms with Crippen molar-refractivity contribution in [3.63, 3.8) is 0 Å². The number of unbranched alkanes of at least 4 members (excludes halogenated alkanes) is 7. The van der Waals surface area contributed by atoms with Gasteiger partial charge in [0.2, 0.25) is 0 Å². The lowest BCUT2D eigenvalue weighted by Crippen LogP contribution is -2.13. The molecule has 0 bridgehead atoms. The van der Waals surface area contributed by atoms with Gasteiger partial charge in [-0.25, -0.2) is 4.98 Å². The minimum absolute atomic E-state index is 0.988. The number of aryl methyl sites for hydroxylation is 1. The molecule has 0 aliphatic heterocycles. The van der Waals surface area contributed by atoms with Gasteiger partial charge < -0.3 is 5.32 Å². The van der Waals surface area contributed by atoms with Crippen molar-refractivity contribution >= 4 is 11.3 Å². The van der Waals surface area contributed by atoms with E-state index >= 15 is 0 Å². The molecule has 0 saturated heterocycles. The Morgan fingerprint density at radius 2 is 1.72 bits per heavy atom. The molecule has 0 spiro atoms. The summed E-state index contributed by atoms with van der Waals surface area (Å²) in [5.41, 5.74) is 0. The summed E-state index contributed by atoms with van der Waals surface area (Å²) in [7, 11) is 0. The van der Waals surface area contributed by atoms with E-state index in [1.54, 1.807) is 11.3 Å². The van der Waals surface area contributed by atoms with Crippen LogP contribution in [0.15, 0.2) is 6.20 Å². The maximum Gasteiger partial charge on any atom is 0.0897 e. The highest BCUT2D eigenvalue weighted by molar-refractivity contribution is 7.11. The Morgan fingerprint density at radius 3 is 2.33 bits per heavy atom. The molecule has 3 heteroatoms. The number of rotatable bonds is 11. The van der Waals surface area contributed by atoms with Crippen LogP contribution in [-0.4, -0.2) is 11.5 Å². The zero-order valence-corrected chi connectivity index (χ0v) is 12.8. The normalized spacial score (nSPS) is 11.0. The summed E-state index contributed by atoms with van der Waals surface area (Å²) < 4.78 is 0. The monoisotopic (exact) mass is 268 g/mol. The third kappa shape index (κ3) is 7.83. The Hall–Kier alpha value is -0.410. The molecule has 1 aromatic heterocycles. The molecule has 0 unspecified atom stereocenters. The van der Waals surface area contributed by atoms with Crippen LogP contribution in [0.4, 0.5) is 0 Å². The fourth-order valence-electron chi connectivity index (χ4n) is 2.08. The summed E-state index contributed by atoms with van der Waals surface area (Å²) in [5, 5.41) is 4.66. The van der Waals surface area contributed by atoms with Crippen molar-refractivity contribution in [2.75, 3.05) is 6.54 Å². The molecule has 1 heterocycles. The van der Waals surface area contributed by atoms with Crippen molar-refractivity contribution in [3.05, 3.63) is 16.1 Å². The van der Waals surface area contributed by atoms with Crippen molar-refractivity contribution in [2.45, 2.75) is 71.8 Å². The Morgan fingerprint density at radius 1 is 1.06 bits per heavy atom. The molecule has 0 saturated carbocycles. The van der Waals surface area contributed by atoms with E-state index in [2.05, 4.69) is 24.1 Å². The topological polar surface area (TPSA) is 24.9 Å². The molecule has 0 aliphatic rings. The molecule has 0 radical (unpaired) electrons. The summed E-state index contributed by atoms with van der Waals surface area (Å²) in [5.74, 6) is 0. The lowest BCUT2D eigenvalue weighted by Gasteiger charge is -2.03. The minimum Gasteiger partial charge on any atom is -0.312 e. The van der Waals surface area contributed by atoms with E-state index in [-0.39, 0.29) is 0 Å². The second kappa shape index (κ2) is 10.5. The Balaban J connectivity index is 1.81. The van der Waals surface area contributed by atoms with Crippen LogP contribution in [0.3, 0.4) is 0 Å². The standard InChI is InChI=1S/C15H28N2S/c1-3-4-5-6-7-8-9-10-11-16-12-15-13-17-14(2)18-15/h13,16H,3-12H2,1-2H3. The zero-order valence-electron chi connectivity index (χ0n) is 12.0. The summed E-state index contributed by atoms with van der Waals surface area (Å²) in [6, 6.07) is 0. The number of hydrogen-bond donors (Lipinski definition) is 1. The number of hydrogen-bond acceptors (Lipinski definition) is 3. The third-order valence-corrected chi connectivity index (χ3v) is 4.09. The van der Waals surface area contributed by atoms with Gasteiger partial charge in [-0.15, -0.1) is 11.3 Å². The highest BCUT2D eigenvalue weighted by atomic mass is 32.1. The second-order valence-electron chi connectivity index (χ2n) is 5.00. The average molecular weight is 268 g/mol. The van der Waals surface area contributed by atoms with E-state index in [1.807, 2.05) is 6.20 Å². The third-order valence-electron chi connectivity index (χ3n) is 3.18. The highest BCUT2D eigenvalue weighted by Crippen LogP contribution is 2.11. The Bertz CT molecular complexity index is 296. The fourth-order valence-corrected chi connectivity index (χ4v) is 2.85. The van der Waals surface area contributed by atoms with Crippen LogP contribution >= 0.6 is 11.3 Å². The van der Waals surface area contributed by atoms with Gasteiger partial charge in [0.1, 0.15) is 0 Å².